The Bertz CT molecular complexity index is 566. The zero-order valence-corrected chi connectivity index (χ0v) is 11.0. The first-order chi connectivity index (χ1) is 9.72. The Morgan fingerprint density at radius 2 is 2.05 bits per heavy atom. The summed E-state index contributed by atoms with van der Waals surface area (Å²) in [5, 5.41) is 22.8. The topological polar surface area (TPSA) is 97.9 Å². The van der Waals surface area contributed by atoms with Crippen LogP contribution in [0.1, 0.15) is 10.4 Å². The zero-order chi connectivity index (χ0) is 14.8. The number of carbonyl (C=O) groups is 1. The van der Waals surface area contributed by atoms with E-state index in [1.807, 2.05) is 0 Å². The largest absolute Gasteiger partial charge is 0.383 e. The molecular weight excluding hydrogens is 256 g/mol. The fourth-order valence-electron chi connectivity index (χ4n) is 1.41. The van der Waals surface area contributed by atoms with Crippen LogP contribution >= 0.6 is 0 Å². The molecule has 0 bridgehead atoms. The number of rotatable bonds is 6. The number of benzene rings is 1. The molecule has 0 unspecified atom stereocenters. The quantitative estimate of drug-likeness (QED) is 0.601. The van der Waals surface area contributed by atoms with Crippen molar-refractivity contribution >= 4 is 11.6 Å². The normalized spacial score (nSPS) is 8.95. The fraction of sp³-hybridized carbons (Fsp3) is 0.214. The average Bonchev–Trinajstić information content (AvgIpc) is 2.49. The van der Waals surface area contributed by atoms with Crippen molar-refractivity contribution in [2.45, 2.75) is 0 Å². The molecule has 0 aliphatic heterocycles. The number of hydrogen-bond donors (Lipinski definition) is 2. The Balaban J connectivity index is 2.84. The van der Waals surface area contributed by atoms with Gasteiger partial charge in [0, 0.05) is 19.9 Å². The van der Waals surface area contributed by atoms with E-state index in [2.05, 4.69) is 10.6 Å². The van der Waals surface area contributed by atoms with E-state index in [1.165, 1.54) is 6.20 Å². The van der Waals surface area contributed by atoms with Gasteiger partial charge in [-0.05, 0) is 12.1 Å². The van der Waals surface area contributed by atoms with Crippen molar-refractivity contribution in [2.24, 2.45) is 0 Å². The number of hydrogen-bond acceptors (Lipinski definition) is 5. The molecule has 1 amide bonds. The lowest BCUT2D eigenvalue weighted by atomic mass is 10.1. The van der Waals surface area contributed by atoms with Gasteiger partial charge in [-0.3, -0.25) is 4.79 Å². The molecule has 6 nitrogen and oxygen atoms in total. The van der Waals surface area contributed by atoms with Crippen LogP contribution in [-0.4, -0.2) is 26.2 Å². The van der Waals surface area contributed by atoms with Gasteiger partial charge >= 0.3 is 0 Å². The van der Waals surface area contributed by atoms with Gasteiger partial charge in [0.15, 0.2) is 0 Å². The molecule has 0 radical (unpaired) electrons. The highest BCUT2D eigenvalue weighted by Crippen LogP contribution is 2.15. The van der Waals surface area contributed by atoms with Crippen LogP contribution in [-0.2, 0) is 4.74 Å². The Labute approximate surface area is 117 Å². The zero-order valence-electron chi connectivity index (χ0n) is 11.0. The van der Waals surface area contributed by atoms with E-state index in [4.69, 9.17) is 15.3 Å². The second-order valence-corrected chi connectivity index (χ2v) is 3.72. The highest BCUT2D eigenvalue weighted by atomic mass is 16.5. The lowest BCUT2D eigenvalue weighted by Crippen LogP contribution is -2.27. The maximum atomic E-state index is 12.0. The molecule has 6 heteroatoms. The third-order valence-corrected chi connectivity index (χ3v) is 2.38. The Morgan fingerprint density at radius 1 is 1.35 bits per heavy atom. The molecule has 0 heterocycles. The summed E-state index contributed by atoms with van der Waals surface area (Å²) in [7, 11) is 1.55. The maximum absolute atomic E-state index is 12.0. The van der Waals surface area contributed by atoms with E-state index in [9.17, 15) is 4.79 Å². The number of nitrogens with zero attached hydrogens (tertiary/aromatic N) is 2. The van der Waals surface area contributed by atoms with E-state index >= 15 is 0 Å². The highest BCUT2D eigenvalue weighted by molar-refractivity contribution is 5.99. The smallest absolute Gasteiger partial charge is 0.253 e. The molecule has 0 saturated carbocycles. The van der Waals surface area contributed by atoms with E-state index < -0.39 is 0 Å². The van der Waals surface area contributed by atoms with Crippen molar-refractivity contribution in [3.63, 3.8) is 0 Å². The molecule has 102 valence electrons. The van der Waals surface area contributed by atoms with Gasteiger partial charge in [0.1, 0.15) is 17.7 Å². The van der Waals surface area contributed by atoms with Crippen molar-refractivity contribution in [1.29, 1.82) is 10.5 Å². The lowest BCUT2D eigenvalue weighted by Gasteiger charge is -2.09. The number of amides is 1. The number of methoxy groups -OCH3 is 1. The SMILES string of the molecule is COCCNC(=O)c1ccccc1NC=C(C#N)C#N. The first-order valence-electron chi connectivity index (χ1n) is 5.86. The number of para-hydroxylation sites is 1. The summed E-state index contributed by atoms with van der Waals surface area (Å²) in [6.07, 6.45) is 1.27. The third-order valence-electron chi connectivity index (χ3n) is 2.38. The first-order valence-corrected chi connectivity index (χ1v) is 5.86. The summed E-state index contributed by atoms with van der Waals surface area (Å²) in [6.45, 7) is 0.829. The Hall–Kier alpha value is -2.83. The summed E-state index contributed by atoms with van der Waals surface area (Å²) in [6, 6.07) is 10.3. The molecule has 0 spiro atoms. The fourth-order valence-corrected chi connectivity index (χ4v) is 1.41. The second kappa shape index (κ2) is 8.30. The summed E-state index contributed by atoms with van der Waals surface area (Å²) in [5.41, 5.74) is 0.875. The van der Waals surface area contributed by atoms with Crippen LogP contribution in [0.5, 0.6) is 0 Å². The summed E-state index contributed by atoms with van der Waals surface area (Å²) >= 11 is 0. The van der Waals surface area contributed by atoms with Gasteiger partial charge in [-0.2, -0.15) is 10.5 Å². The molecule has 0 aliphatic carbocycles. The van der Waals surface area contributed by atoms with E-state index in [0.29, 0.717) is 24.4 Å². The number of ether oxygens (including phenoxy) is 1. The van der Waals surface area contributed by atoms with Gasteiger partial charge in [-0.1, -0.05) is 12.1 Å². The minimum atomic E-state index is -0.256. The van der Waals surface area contributed by atoms with Crippen LogP contribution in [0.3, 0.4) is 0 Å². The van der Waals surface area contributed by atoms with Gasteiger partial charge in [-0.25, -0.2) is 0 Å². The van der Waals surface area contributed by atoms with Crippen molar-refractivity contribution < 1.29 is 9.53 Å². The minimum absolute atomic E-state index is 0.0698. The molecule has 0 aromatic heterocycles. The van der Waals surface area contributed by atoms with E-state index in [0.717, 1.165) is 0 Å². The van der Waals surface area contributed by atoms with Gasteiger partial charge in [0.05, 0.1) is 17.9 Å². The van der Waals surface area contributed by atoms with Crippen molar-refractivity contribution in [1.82, 2.24) is 5.32 Å². The van der Waals surface area contributed by atoms with Gasteiger partial charge in [0.2, 0.25) is 0 Å². The predicted octanol–water partition coefficient (Wildman–Crippen LogP) is 1.41. The predicted molar refractivity (Wildman–Crippen MR) is 73.6 cm³/mol. The lowest BCUT2D eigenvalue weighted by molar-refractivity contribution is 0.0938. The minimum Gasteiger partial charge on any atom is -0.383 e. The van der Waals surface area contributed by atoms with Gasteiger partial charge in [-0.15, -0.1) is 0 Å². The maximum Gasteiger partial charge on any atom is 0.253 e. The highest BCUT2D eigenvalue weighted by Gasteiger charge is 2.09. The molecule has 1 rings (SSSR count). The Kier molecular flexibility index (Phi) is 6.32. The van der Waals surface area contributed by atoms with Crippen molar-refractivity contribution in [3.05, 3.63) is 41.6 Å². The second-order valence-electron chi connectivity index (χ2n) is 3.72. The van der Waals surface area contributed by atoms with E-state index in [-0.39, 0.29) is 11.5 Å². The molecule has 0 aliphatic rings. The molecule has 2 N–H and O–H groups in total. The van der Waals surface area contributed by atoms with Crippen molar-refractivity contribution in [3.8, 4) is 12.1 Å². The number of nitriles is 2. The number of nitrogens with one attached hydrogen (secondary N) is 2. The molecule has 0 atom stereocenters. The molecule has 1 aromatic rings. The van der Waals surface area contributed by atoms with Crippen LogP contribution < -0.4 is 10.6 Å². The standard InChI is InChI=1S/C14H14N4O2/c1-20-7-6-17-14(19)12-4-2-3-5-13(12)18-10-11(8-15)9-16/h2-5,10,18H,6-7H2,1H3,(H,17,19). The summed E-state index contributed by atoms with van der Waals surface area (Å²) in [5.74, 6) is -0.256. The van der Waals surface area contributed by atoms with Crippen LogP contribution in [0.2, 0.25) is 0 Å². The first kappa shape index (κ1) is 15.2. The molecule has 0 saturated heterocycles. The number of allylic oxidation sites excluding steroid dienone is 1. The molecule has 20 heavy (non-hydrogen) atoms. The monoisotopic (exact) mass is 270 g/mol. The van der Waals surface area contributed by atoms with E-state index in [1.54, 1.807) is 43.5 Å². The Morgan fingerprint density at radius 3 is 2.70 bits per heavy atom. The summed E-state index contributed by atoms with van der Waals surface area (Å²) < 4.78 is 4.85. The molecule has 0 fully saturated rings. The number of anilines is 1. The van der Waals surface area contributed by atoms with Crippen molar-refractivity contribution in [2.75, 3.05) is 25.6 Å². The van der Waals surface area contributed by atoms with Crippen LogP contribution in [0, 0.1) is 22.7 Å². The van der Waals surface area contributed by atoms with Crippen LogP contribution in [0.4, 0.5) is 5.69 Å². The van der Waals surface area contributed by atoms with Gasteiger partial charge < -0.3 is 15.4 Å². The number of carbonyl (C=O) groups excluding carboxylic acids is 1. The van der Waals surface area contributed by atoms with Crippen LogP contribution in [0.15, 0.2) is 36.0 Å². The summed E-state index contributed by atoms with van der Waals surface area (Å²) in [4.78, 5) is 12.0. The average molecular weight is 270 g/mol. The van der Waals surface area contributed by atoms with Gasteiger partial charge in [0.25, 0.3) is 5.91 Å². The molecular formula is C14H14N4O2. The molecule has 1 aromatic carbocycles. The third kappa shape index (κ3) is 4.45. The van der Waals surface area contributed by atoms with Crippen LogP contribution in [0.25, 0.3) is 0 Å².